The summed E-state index contributed by atoms with van der Waals surface area (Å²) in [5.74, 6) is 0.564. The van der Waals surface area contributed by atoms with Crippen molar-refractivity contribution >= 4 is 17.1 Å². The highest BCUT2D eigenvalue weighted by Gasteiger charge is 2.40. The Labute approximate surface area is 127 Å². The second kappa shape index (κ2) is 5.23. The summed E-state index contributed by atoms with van der Waals surface area (Å²) in [6, 6.07) is 1.33. The number of hydrogen-bond donors (Lipinski definition) is 1. The van der Waals surface area contributed by atoms with Gasteiger partial charge in [-0.3, -0.25) is 9.88 Å². The van der Waals surface area contributed by atoms with Crippen molar-refractivity contribution < 1.29 is 13.9 Å². The molecule has 2 unspecified atom stereocenters. The van der Waals surface area contributed by atoms with E-state index in [0.717, 1.165) is 11.0 Å². The summed E-state index contributed by atoms with van der Waals surface area (Å²) >= 11 is 0. The standard InChI is InChI=1S/C15H19FN4O2/c1-15(2,3)22-14(21)20-8-9(16)6-12(20)13-18-10-4-5-17-7-11(10)19-13/h4-5,7,9,12H,6,8H2,1-3H3,(H,18,19). The minimum absolute atomic E-state index is 0.0227. The quantitative estimate of drug-likeness (QED) is 0.879. The Kier molecular flexibility index (Phi) is 3.50. The first kappa shape index (κ1) is 14.7. The average Bonchev–Trinajstić information content (AvgIpc) is 2.99. The molecule has 1 amide bonds. The molecule has 2 aromatic heterocycles. The van der Waals surface area contributed by atoms with Gasteiger partial charge in [0.2, 0.25) is 0 Å². The molecule has 0 aromatic carbocycles. The molecule has 0 radical (unpaired) electrons. The molecule has 1 N–H and O–H groups in total. The molecule has 1 saturated heterocycles. The van der Waals surface area contributed by atoms with Crippen molar-refractivity contribution in [3.63, 3.8) is 0 Å². The highest BCUT2D eigenvalue weighted by molar-refractivity contribution is 5.74. The molecule has 3 rings (SSSR count). The zero-order valence-corrected chi connectivity index (χ0v) is 12.8. The summed E-state index contributed by atoms with van der Waals surface area (Å²) in [5, 5.41) is 0. The number of ether oxygens (including phenoxy) is 1. The summed E-state index contributed by atoms with van der Waals surface area (Å²) in [7, 11) is 0. The molecule has 1 fully saturated rings. The fraction of sp³-hybridized carbons (Fsp3) is 0.533. The van der Waals surface area contributed by atoms with Gasteiger partial charge in [-0.2, -0.15) is 0 Å². The van der Waals surface area contributed by atoms with Crippen molar-refractivity contribution in [2.24, 2.45) is 0 Å². The third-order valence-electron chi connectivity index (χ3n) is 3.50. The van der Waals surface area contributed by atoms with Crippen LogP contribution in [0, 0.1) is 0 Å². The number of halogens is 1. The van der Waals surface area contributed by atoms with Crippen LogP contribution < -0.4 is 0 Å². The Morgan fingerprint density at radius 1 is 1.50 bits per heavy atom. The maximum Gasteiger partial charge on any atom is 0.411 e. The molecule has 2 atom stereocenters. The van der Waals surface area contributed by atoms with Crippen LogP contribution in [0.25, 0.3) is 11.0 Å². The second-order valence-electron chi connectivity index (χ2n) is 6.50. The summed E-state index contributed by atoms with van der Waals surface area (Å²) in [5.41, 5.74) is 0.897. The first-order valence-electron chi connectivity index (χ1n) is 7.27. The van der Waals surface area contributed by atoms with Crippen LogP contribution in [0.3, 0.4) is 0 Å². The van der Waals surface area contributed by atoms with Crippen LogP contribution in [0.5, 0.6) is 0 Å². The van der Waals surface area contributed by atoms with Crippen LogP contribution in [-0.4, -0.2) is 44.3 Å². The molecule has 0 aliphatic carbocycles. The molecule has 6 nitrogen and oxygen atoms in total. The number of pyridine rings is 1. The fourth-order valence-corrected chi connectivity index (χ4v) is 2.60. The predicted molar refractivity (Wildman–Crippen MR) is 79.1 cm³/mol. The highest BCUT2D eigenvalue weighted by Crippen LogP contribution is 2.34. The Balaban J connectivity index is 1.88. The van der Waals surface area contributed by atoms with Crippen LogP contribution >= 0.6 is 0 Å². The number of H-pyrrole nitrogens is 1. The summed E-state index contributed by atoms with van der Waals surface area (Å²) in [4.78, 5) is 25.3. The van der Waals surface area contributed by atoms with Gasteiger partial charge in [0.25, 0.3) is 0 Å². The number of aromatic nitrogens is 3. The van der Waals surface area contributed by atoms with Crippen molar-refractivity contribution in [1.29, 1.82) is 0 Å². The van der Waals surface area contributed by atoms with E-state index in [9.17, 15) is 9.18 Å². The SMILES string of the molecule is CC(C)(C)OC(=O)N1CC(F)CC1c1nc2ccncc2[nH]1. The van der Waals surface area contributed by atoms with Crippen LogP contribution in [-0.2, 0) is 4.74 Å². The molecule has 1 aliphatic rings. The van der Waals surface area contributed by atoms with Crippen molar-refractivity contribution in [2.45, 2.75) is 45.0 Å². The highest BCUT2D eigenvalue weighted by atomic mass is 19.1. The van der Waals surface area contributed by atoms with Crippen LogP contribution in [0.15, 0.2) is 18.5 Å². The maximum absolute atomic E-state index is 13.9. The zero-order chi connectivity index (χ0) is 15.9. The number of hydrogen-bond acceptors (Lipinski definition) is 4. The maximum atomic E-state index is 13.9. The van der Waals surface area contributed by atoms with E-state index in [1.54, 1.807) is 39.2 Å². The van der Waals surface area contributed by atoms with Gasteiger partial charge in [-0.05, 0) is 26.8 Å². The molecule has 2 aromatic rings. The van der Waals surface area contributed by atoms with Gasteiger partial charge in [0.15, 0.2) is 0 Å². The van der Waals surface area contributed by atoms with E-state index in [-0.39, 0.29) is 13.0 Å². The number of nitrogens with one attached hydrogen (secondary N) is 1. The third kappa shape index (κ3) is 2.88. The Morgan fingerprint density at radius 2 is 2.27 bits per heavy atom. The lowest BCUT2D eigenvalue weighted by Gasteiger charge is -2.27. The van der Waals surface area contributed by atoms with Gasteiger partial charge >= 0.3 is 6.09 Å². The predicted octanol–water partition coefficient (Wildman–Crippen LogP) is 2.98. The molecule has 7 heteroatoms. The van der Waals surface area contributed by atoms with Gasteiger partial charge < -0.3 is 9.72 Å². The first-order valence-corrected chi connectivity index (χ1v) is 7.27. The third-order valence-corrected chi connectivity index (χ3v) is 3.50. The topological polar surface area (TPSA) is 71.1 Å². The molecular weight excluding hydrogens is 287 g/mol. The van der Waals surface area contributed by atoms with E-state index in [4.69, 9.17) is 4.74 Å². The van der Waals surface area contributed by atoms with Gasteiger partial charge in [-0.1, -0.05) is 0 Å². The van der Waals surface area contributed by atoms with Crippen LogP contribution in [0.2, 0.25) is 0 Å². The Bertz CT molecular complexity index is 661. The van der Waals surface area contributed by atoms with E-state index in [0.29, 0.717) is 5.82 Å². The number of aromatic amines is 1. The summed E-state index contributed by atoms with van der Waals surface area (Å²) in [6.45, 7) is 5.39. The van der Waals surface area contributed by atoms with Crippen molar-refractivity contribution in [2.75, 3.05) is 6.54 Å². The first-order chi connectivity index (χ1) is 10.3. The zero-order valence-electron chi connectivity index (χ0n) is 12.8. The number of imidazole rings is 1. The molecule has 0 saturated carbocycles. The van der Waals surface area contributed by atoms with Crippen LogP contribution in [0.1, 0.15) is 39.1 Å². The number of nitrogens with zero attached hydrogens (tertiary/aromatic N) is 3. The van der Waals surface area contributed by atoms with Gasteiger partial charge in [0, 0.05) is 12.6 Å². The molecule has 22 heavy (non-hydrogen) atoms. The van der Waals surface area contributed by atoms with E-state index in [2.05, 4.69) is 15.0 Å². The van der Waals surface area contributed by atoms with Crippen molar-refractivity contribution in [3.8, 4) is 0 Å². The van der Waals surface area contributed by atoms with Gasteiger partial charge in [-0.25, -0.2) is 14.2 Å². The number of carbonyl (C=O) groups is 1. The van der Waals surface area contributed by atoms with Gasteiger partial charge in [0.1, 0.15) is 17.6 Å². The Hall–Kier alpha value is -2.18. The fourth-order valence-electron chi connectivity index (χ4n) is 2.60. The monoisotopic (exact) mass is 306 g/mol. The number of likely N-dealkylation sites (tertiary alicyclic amines) is 1. The summed E-state index contributed by atoms with van der Waals surface area (Å²) in [6.07, 6.45) is 1.92. The van der Waals surface area contributed by atoms with Crippen LogP contribution in [0.4, 0.5) is 9.18 Å². The molecule has 118 valence electrons. The van der Waals surface area contributed by atoms with E-state index in [1.807, 2.05) is 0 Å². The molecule has 3 heterocycles. The summed E-state index contributed by atoms with van der Waals surface area (Å²) < 4.78 is 19.2. The smallest absolute Gasteiger partial charge is 0.411 e. The number of amides is 1. The van der Waals surface area contributed by atoms with Crippen molar-refractivity contribution in [1.82, 2.24) is 19.9 Å². The number of alkyl halides is 1. The molecule has 0 spiro atoms. The number of fused-ring (bicyclic) bond motifs is 1. The lowest BCUT2D eigenvalue weighted by molar-refractivity contribution is 0.0211. The lowest BCUT2D eigenvalue weighted by Crippen LogP contribution is -2.37. The molecule has 1 aliphatic heterocycles. The largest absolute Gasteiger partial charge is 0.444 e. The van der Waals surface area contributed by atoms with Gasteiger partial charge in [-0.15, -0.1) is 0 Å². The minimum atomic E-state index is -1.08. The van der Waals surface area contributed by atoms with Gasteiger partial charge in [0.05, 0.1) is 29.8 Å². The minimum Gasteiger partial charge on any atom is -0.444 e. The Morgan fingerprint density at radius 3 is 2.95 bits per heavy atom. The van der Waals surface area contributed by atoms with E-state index in [1.165, 1.54) is 4.90 Å². The normalized spacial score (nSPS) is 22.3. The molecule has 0 bridgehead atoms. The average molecular weight is 306 g/mol. The molecular formula is C15H19FN4O2. The lowest BCUT2D eigenvalue weighted by atomic mass is 10.2. The van der Waals surface area contributed by atoms with E-state index >= 15 is 0 Å². The number of rotatable bonds is 1. The number of carbonyl (C=O) groups excluding carboxylic acids is 1. The van der Waals surface area contributed by atoms with E-state index < -0.39 is 23.9 Å². The van der Waals surface area contributed by atoms with Crippen molar-refractivity contribution in [3.05, 3.63) is 24.3 Å². The second-order valence-corrected chi connectivity index (χ2v) is 6.50.